The predicted octanol–water partition coefficient (Wildman–Crippen LogP) is 3.08. The Morgan fingerprint density at radius 3 is 2.77 bits per heavy atom. The fourth-order valence-corrected chi connectivity index (χ4v) is 6.11. The number of fused-ring (bicyclic) bond motifs is 1. The van der Waals surface area contributed by atoms with Crippen molar-refractivity contribution in [2.24, 2.45) is 5.41 Å². The number of hydrogen-bond acceptors (Lipinski definition) is 8. The molecular weight excluding hydrogens is 516 g/mol. The Hall–Kier alpha value is -3.61. The minimum Gasteiger partial charge on any atom is -0.383 e. The maximum absolute atomic E-state index is 13.2. The van der Waals surface area contributed by atoms with Crippen molar-refractivity contribution < 1.29 is 14.3 Å². The average Bonchev–Trinajstić information content (AvgIpc) is 3.34. The summed E-state index contributed by atoms with van der Waals surface area (Å²) in [5, 5.41) is 14.7. The van der Waals surface area contributed by atoms with E-state index < -0.39 is 0 Å². The smallest absolute Gasteiger partial charge is 0.260 e. The third-order valence-electron chi connectivity index (χ3n) is 7.67. The lowest BCUT2D eigenvalue weighted by molar-refractivity contribution is 0.0947. The molecule has 1 saturated heterocycles. The Balaban J connectivity index is 1.10. The number of nitrogens with zero attached hydrogens (tertiary/aromatic N) is 6. The highest BCUT2D eigenvalue weighted by Crippen LogP contribution is 2.52. The van der Waals surface area contributed by atoms with E-state index in [1.54, 1.807) is 43.2 Å². The van der Waals surface area contributed by atoms with Crippen LogP contribution in [0.15, 0.2) is 37.1 Å². The Bertz CT molecular complexity index is 1520. The van der Waals surface area contributed by atoms with E-state index in [0.717, 1.165) is 34.9 Å². The number of nitrogens with one attached hydrogen (secondary N) is 2. The number of thiazole rings is 1. The number of hydrogen-bond donors (Lipinski definition) is 2. The van der Waals surface area contributed by atoms with E-state index in [2.05, 4.69) is 30.7 Å². The van der Waals surface area contributed by atoms with Crippen LogP contribution < -0.4 is 10.6 Å². The van der Waals surface area contributed by atoms with E-state index in [9.17, 15) is 9.59 Å². The third-order valence-corrected chi connectivity index (χ3v) is 8.83. The second kappa shape index (κ2) is 10.5. The number of ether oxygens (including phenoxy) is 1. The van der Waals surface area contributed by atoms with Crippen LogP contribution in [0, 0.1) is 12.3 Å². The number of methoxy groups -OCH3 is 1. The Labute approximate surface area is 230 Å². The molecule has 0 unspecified atom stereocenters. The first-order valence-corrected chi connectivity index (χ1v) is 14.0. The molecule has 4 aromatic rings. The van der Waals surface area contributed by atoms with Crippen LogP contribution in [0.5, 0.6) is 0 Å². The molecule has 0 aromatic carbocycles. The Morgan fingerprint density at radius 1 is 1.10 bits per heavy atom. The molecule has 11 nitrogen and oxygen atoms in total. The molecule has 5 heterocycles. The van der Waals surface area contributed by atoms with Crippen molar-refractivity contribution in [1.29, 1.82) is 0 Å². The lowest BCUT2D eigenvalue weighted by Gasteiger charge is -2.16. The van der Waals surface area contributed by atoms with Gasteiger partial charge in [-0.1, -0.05) is 0 Å². The zero-order valence-electron chi connectivity index (χ0n) is 22.1. The number of rotatable bonds is 10. The molecule has 204 valence electrons. The number of amides is 2. The van der Waals surface area contributed by atoms with Gasteiger partial charge in [-0.2, -0.15) is 10.2 Å². The van der Waals surface area contributed by atoms with Crippen molar-refractivity contribution in [3.63, 3.8) is 0 Å². The van der Waals surface area contributed by atoms with Gasteiger partial charge < -0.3 is 20.3 Å². The van der Waals surface area contributed by atoms with Gasteiger partial charge in [-0.05, 0) is 44.2 Å². The van der Waals surface area contributed by atoms with E-state index in [-0.39, 0.29) is 11.8 Å². The number of carbonyl (C=O) groups is 2. The van der Waals surface area contributed by atoms with E-state index in [1.807, 2.05) is 17.1 Å². The van der Waals surface area contributed by atoms with Gasteiger partial charge in [0.25, 0.3) is 11.8 Å². The first-order valence-electron chi connectivity index (χ1n) is 13.2. The number of pyridine rings is 1. The van der Waals surface area contributed by atoms with Gasteiger partial charge in [0, 0.05) is 50.9 Å². The molecule has 2 fully saturated rings. The van der Waals surface area contributed by atoms with Gasteiger partial charge in [0.05, 0.1) is 52.9 Å². The van der Waals surface area contributed by atoms with Gasteiger partial charge in [-0.3, -0.25) is 19.3 Å². The van der Waals surface area contributed by atoms with Gasteiger partial charge in [-0.15, -0.1) is 11.3 Å². The highest BCUT2D eigenvalue weighted by atomic mass is 32.1. The Kier molecular flexibility index (Phi) is 6.92. The predicted molar refractivity (Wildman–Crippen MR) is 148 cm³/mol. The normalized spacial score (nSPS) is 16.3. The maximum atomic E-state index is 13.2. The Morgan fingerprint density at radius 2 is 1.97 bits per heavy atom. The summed E-state index contributed by atoms with van der Waals surface area (Å²) in [4.78, 5) is 34.5. The van der Waals surface area contributed by atoms with E-state index in [1.165, 1.54) is 30.6 Å². The summed E-state index contributed by atoms with van der Waals surface area (Å²) in [6.45, 7) is 6.75. The molecule has 1 aliphatic heterocycles. The van der Waals surface area contributed by atoms with Crippen LogP contribution in [0.2, 0.25) is 0 Å². The third kappa shape index (κ3) is 5.45. The van der Waals surface area contributed by atoms with Gasteiger partial charge in [0.2, 0.25) is 0 Å². The summed E-state index contributed by atoms with van der Waals surface area (Å²) in [5.74, 6) is -0.500. The second-order valence-corrected chi connectivity index (χ2v) is 11.5. The summed E-state index contributed by atoms with van der Waals surface area (Å²) in [6.07, 6.45) is 12.7. The highest BCUT2D eigenvalue weighted by molar-refractivity contribution is 7.21. The molecule has 2 amide bonds. The first kappa shape index (κ1) is 25.7. The monoisotopic (exact) mass is 548 g/mol. The molecule has 2 N–H and O–H groups in total. The second-order valence-electron chi connectivity index (χ2n) is 10.5. The van der Waals surface area contributed by atoms with Gasteiger partial charge >= 0.3 is 0 Å². The number of likely N-dealkylation sites (tertiary alicyclic amines) is 1. The number of aromatic nitrogens is 5. The summed E-state index contributed by atoms with van der Waals surface area (Å²) in [5.41, 5.74) is 3.52. The lowest BCUT2D eigenvalue weighted by atomic mass is 10.1. The number of anilines is 1. The fraction of sp³-hybridized carbons (Fsp3) is 0.444. The van der Waals surface area contributed by atoms with Crippen LogP contribution in [0.4, 0.5) is 5.69 Å². The summed E-state index contributed by atoms with van der Waals surface area (Å²) < 4.78 is 8.63. The molecule has 39 heavy (non-hydrogen) atoms. The van der Waals surface area contributed by atoms with Crippen molar-refractivity contribution in [1.82, 2.24) is 34.6 Å². The molecular formula is C27H32N8O3S. The van der Waals surface area contributed by atoms with E-state index in [0.29, 0.717) is 47.6 Å². The van der Waals surface area contributed by atoms with Crippen LogP contribution in [0.3, 0.4) is 0 Å². The fourth-order valence-electron chi connectivity index (χ4n) is 5.08. The summed E-state index contributed by atoms with van der Waals surface area (Å²) in [6, 6.07) is 1.68. The van der Waals surface area contributed by atoms with Crippen LogP contribution >= 0.6 is 11.3 Å². The van der Waals surface area contributed by atoms with Crippen molar-refractivity contribution in [3.05, 3.63) is 53.9 Å². The van der Waals surface area contributed by atoms with Crippen LogP contribution in [0.25, 0.3) is 15.3 Å². The van der Waals surface area contributed by atoms with Crippen molar-refractivity contribution in [3.8, 4) is 10.4 Å². The number of aryl methyl sites for hydroxylation is 1. The maximum Gasteiger partial charge on any atom is 0.260 e. The molecule has 1 aliphatic carbocycles. The van der Waals surface area contributed by atoms with Crippen molar-refractivity contribution >= 4 is 33.7 Å². The van der Waals surface area contributed by atoms with Crippen LogP contribution in [0.1, 0.15) is 45.7 Å². The van der Waals surface area contributed by atoms with Crippen molar-refractivity contribution in [2.45, 2.75) is 32.7 Å². The molecule has 1 spiro atoms. The topological polar surface area (TPSA) is 119 Å². The van der Waals surface area contributed by atoms with Crippen molar-refractivity contribution in [2.75, 3.05) is 45.2 Å². The van der Waals surface area contributed by atoms with Gasteiger partial charge in [-0.25, -0.2) is 4.52 Å². The minimum atomic E-state index is -0.306. The zero-order valence-corrected chi connectivity index (χ0v) is 23.0. The zero-order chi connectivity index (χ0) is 27.0. The first-order chi connectivity index (χ1) is 18.9. The molecule has 0 radical (unpaired) electrons. The molecule has 1 saturated carbocycles. The van der Waals surface area contributed by atoms with E-state index in [4.69, 9.17) is 4.74 Å². The van der Waals surface area contributed by atoms with Gasteiger partial charge in [0.15, 0.2) is 0 Å². The molecule has 6 rings (SSSR count). The quantitative estimate of drug-likeness (QED) is 0.313. The van der Waals surface area contributed by atoms with Gasteiger partial charge in [0.1, 0.15) is 4.83 Å². The largest absolute Gasteiger partial charge is 0.383 e. The van der Waals surface area contributed by atoms with Crippen LogP contribution in [-0.4, -0.2) is 81.0 Å². The summed E-state index contributed by atoms with van der Waals surface area (Å²) >= 11 is 1.47. The number of carbonyl (C=O) groups excluding carboxylic acids is 2. The highest BCUT2D eigenvalue weighted by Gasteiger charge is 2.47. The van der Waals surface area contributed by atoms with E-state index >= 15 is 0 Å². The minimum absolute atomic E-state index is 0.194. The molecule has 2 aliphatic rings. The molecule has 0 atom stereocenters. The SMILES string of the molecule is COCCn1cc(-c2cn3ncc(C(=O)Nc4cc(C(=O)NCCN5CCC6(CC6)C5)cnc4C)c3s2)cn1. The average molecular weight is 549 g/mol. The molecule has 12 heteroatoms. The molecule has 4 aromatic heterocycles. The summed E-state index contributed by atoms with van der Waals surface area (Å²) in [7, 11) is 1.66. The standard InChI is InChI=1S/C27H32N8O3S/c1-18-22(11-19(12-29-18)24(36)28-6-8-33-7-5-27(17-33)3-4-27)32-25(37)21-14-31-35-16-23(39-26(21)35)20-13-30-34(15-20)9-10-38-2/h11-16H,3-10,17H2,1-2H3,(H,28,36)(H,32,37). The molecule has 0 bridgehead atoms. The lowest BCUT2D eigenvalue weighted by Crippen LogP contribution is -2.34. The van der Waals surface area contributed by atoms with Crippen LogP contribution in [-0.2, 0) is 11.3 Å².